The van der Waals surface area contributed by atoms with Crippen LogP contribution >= 0.6 is 0 Å². The smallest absolute Gasteiger partial charge is 0.0701 e. The molecule has 0 heterocycles. The highest BCUT2D eigenvalue weighted by molar-refractivity contribution is 4.46. The van der Waals surface area contributed by atoms with Gasteiger partial charge in [-0.15, -0.1) is 0 Å². The quantitative estimate of drug-likeness (QED) is 0.217. The van der Waals surface area contributed by atoms with Gasteiger partial charge in [-0.3, -0.25) is 0 Å². The van der Waals surface area contributed by atoms with Crippen molar-refractivity contribution in [3.63, 3.8) is 0 Å². The van der Waals surface area contributed by atoms with Crippen molar-refractivity contribution < 1.29 is 33.2 Å². The molecule has 0 aromatic heterocycles. The fourth-order valence-corrected chi connectivity index (χ4v) is 1.97. The highest BCUT2D eigenvalue weighted by atomic mass is 16.6. The molecular weight excluding hydrogens is 378 g/mol. The first kappa shape index (κ1) is 28.7. The van der Waals surface area contributed by atoms with Crippen LogP contribution in [0.25, 0.3) is 0 Å². The van der Waals surface area contributed by atoms with Crippen LogP contribution in [-0.4, -0.2) is 118 Å². The standard InChI is InChI=1S/C21H45NO7/c1-5-21(2)20-29-19-18-28-17-16-27-15-14-26-13-12-25-11-10-24-9-8-23-7-6-22(3)4/h21H,5-20H2,1-4H3. The van der Waals surface area contributed by atoms with Crippen LogP contribution in [0, 0.1) is 5.92 Å². The summed E-state index contributed by atoms with van der Waals surface area (Å²) in [5.74, 6) is 0.611. The van der Waals surface area contributed by atoms with Gasteiger partial charge >= 0.3 is 0 Å². The fraction of sp³-hybridized carbons (Fsp3) is 1.00. The molecule has 8 heteroatoms. The van der Waals surface area contributed by atoms with Gasteiger partial charge in [-0.2, -0.15) is 0 Å². The molecule has 8 nitrogen and oxygen atoms in total. The van der Waals surface area contributed by atoms with Crippen LogP contribution in [0.15, 0.2) is 0 Å². The summed E-state index contributed by atoms with van der Waals surface area (Å²) < 4.78 is 38.1. The van der Waals surface area contributed by atoms with Crippen LogP contribution in [-0.2, 0) is 33.2 Å². The normalized spacial score (nSPS) is 12.7. The molecule has 0 spiro atoms. The number of rotatable bonds is 24. The predicted molar refractivity (Wildman–Crippen MR) is 114 cm³/mol. The number of likely N-dealkylation sites (N-methyl/N-ethyl adjacent to an activating group) is 1. The van der Waals surface area contributed by atoms with Gasteiger partial charge in [-0.1, -0.05) is 20.3 Å². The van der Waals surface area contributed by atoms with E-state index in [2.05, 4.69) is 18.7 Å². The van der Waals surface area contributed by atoms with E-state index in [1.54, 1.807) is 0 Å². The fourth-order valence-electron chi connectivity index (χ4n) is 1.97. The third-order valence-electron chi connectivity index (χ3n) is 4.01. The first-order valence-electron chi connectivity index (χ1n) is 10.9. The average Bonchev–Trinajstić information content (AvgIpc) is 2.71. The molecule has 0 rings (SSSR count). The van der Waals surface area contributed by atoms with E-state index in [9.17, 15) is 0 Å². The molecule has 0 aromatic rings. The Kier molecular flexibility index (Phi) is 23.7. The first-order chi connectivity index (χ1) is 14.2. The van der Waals surface area contributed by atoms with E-state index in [4.69, 9.17) is 33.2 Å². The van der Waals surface area contributed by atoms with E-state index in [0.717, 1.165) is 26.2 Å². The number of hydrogen-bond acceptors (Lipinski definition) is 8. The Morgan fingerprint density at radius 2 is 0.828 bits per heavy atom. The lowest BCUT2D eigenvalue weighted by atomic mass is 10.1. The van der Waals surface area contributed by atoms with Crippen LogP contribution < -0.4 is 0 Å². The molecule has 0 aliphatic rings. The largest absolute Gasteiger partial charge is 0.379 e. The maximum atomic E-state index is 5.51. The Bertz CT molecular complexity index is 309. The highest BCUT2D eigenvalue weighted by Crippen LogP contribution is 1.99. The number of ether oxygens (including phenoxy) is 7. The molecular formula is C21H45NO7. The van der Waals surface area contributed by atoms with Gasteiger partial charge in [0.1, 0.15) is 0 Å². The molecule has 176 valence electrons. The van der Waals surface area contributed by atoms with E-state index in [0.29, 0.717) is 85.2 Å². The third kappa shape index (κ3) is 25.6. The summed E-state index contributed by atoms with van der Waals surface area (Å²) in [6.45, 7) is 13.8. The van der Waals surface area contributed by atoms with Gasteiger partial charge in [0.05, 0.1) is 85.9 Å². The van der Waals surface area contributed by atoms with Gasteiger partial charge in [0.15, 0.2) is 0 Å². The van der Waals surface area contributed by atoms with Crippen molar-refractivity contribution in [2.24, 2.45) is 5.92 Å². The van der Waals surface area contributed by atoms with Crippen molar-refractivity contribution in [1.29, 1.82) is 0 Å². The molecule has 0 aromatic carbocycles. The second kappa shape index (κ2) is 24.0. The summed E-state index contributed by atoms with van der Waals surface area (Å²) in [4.78, 5) is 2.09. The van der Waals surface area contributed by atoms with Gasteiger partial charge in [-0.05, 0) is 20.0 Å². The molecule has 0 fully saturated rings. The maximum Gasteiger partial charge on any atom is 0.0701 e. The molecule has 0 saturated heterocycles. The summed E-state index contributed by atoms with van der Waals surface area (Å²) in [5.41, 5.74) is 0. The topological polar surface area (TPSA) is 67.9 Å². The zero-order valence-corrected chi connectivity index (χ0v) is 19.2. The zero-order chi connectivity index (χ0) is 21.4. The van der Waals surface area contributed by atoms with Crippen LogP contribution in [0.2, 0.25) is 0 Å². The minimum atomic E-state index is 0.557. The van der Waals surface area contributed by atoms with Crippen molar-refractivity contribution in [2.45, 2.75) is 20.3 Å². The Hall–Kier alpha value is -0.320. The Morgan fingerprint density at radius 1 is 0.517 bits per heavy atom. The second-order valence-electron chi connectivity index (χ2n) is 7.07. The van der Waals surface area contributed by atoms with Crippen molar-refractivity contribution in [3.8, 4) is 0 Å². The van der Waals surface area contributed by atoms with E-state index in [1.165, 1.54) is 0 Å². The number of nitrogens with zero attached hydrogens (tertiary/aromatic N) is 1. The van der Waals surface area contributed by atoms with Gasteiger partial charge in [0.25, 0.3) is 0 Å². The summed E-state index contributed by atoms with van der Waals surface area (Å²) >= 11 is 0. The van der Waals surface area contributed by atoms with E-state index >= 15 is 0 Å². The number of hydrogen-bond donors (Lipinski definition) is 0. The maximum absolute atomic E-state index is 5.51. The monoisotopic (exact) mass is 423 g/mol. The lowest BCUT2D eigenvalue weighted by Crippen LogP contribution is -2.19. The summed E-state index contributed by atoms with van der Waals surface area (Å²) in [5, 5.41) is 0. The summed E-state index contributed by atoms with van der Waals surface area (Å²) in [7, 11) is 4.05. The molecule has 29 heavy (non-hydrogen) atoms. The lowest BCUT2D eigenvalue weighted by Gasteiger charge is -2.10. The molecule has 0 saturated carbocycles. The van der Waals surface area contributed by atoms with Crippen molar-refractivity contribution in [3.05, 3.63) is 0 Å². The second-order valence-corrected chi connectivity index (χ2v) is 7.07. The van der Waals surface area contributed by atoms with Crippen LogP contribution in [0.5, 0.6) is 0 Å². The molecule has 1 atom stereocenters. The Labute approximate surface area is 178 Å². The van der Waals surface area contributed by atoms with Crippen molar-refractivity contribution in [2.75, 3.05) is 113 Å². The third-order valence-corrected chi connectivity index (χ3v) is 4.01. The molecule has 0 N–H and O–H groups in total. The average molecular weight is 424 g/mol. The Balaban J connectivity index is 3.02. The molecule has 0 aliphatic heterocycles. The van der Waals surface area contributed by atoms with Gasteiger partial charge in [-0.25, -0.2) is 0 Å². The molecule has 1 unspecified atom stereocenters. The van der Waals surface area contributed by atoms with Crippen molar-refractivity contribution >= 4 is 0 Å². The van der Waals surface area contributed by atoms with Crippen molar-refractivity contribution in [1.82, 2.24) is 4.90 Å². The molecule has 0 aliphatic carbocycles. The van der Waals surface area contributed by atoms with E-state index in [1.807, 2.05) is 14.1 Å². The lowest BCUT2D eigenvalue weighted by molar-refractivity contribution is -0.0217. The highest BCUT2D eigenvalue weighted by Gasteiger charge is 1.98. The van der Waals surface area contributed by atoms with Gasteiger partial charge < -0.3 is 38.1 Å². The predicted octanol–water partition coefficient (Wildman–Crippen LogP) is 1.71. The van der Waals surface area contributed by atoms with Crippen LogP contribution in [0.4, 0.5) is 0 Å². The minimum absolute atomic E-state index is 0.557. The summed E-state index contributed by atoms with van der Waals surface area (Å²) in [6, 6.07) is 0. The molecule has 0 amide bonds. The summed E-state index contributed by atoms with van der Waals surface area (Å²) in [6.07, 6.45) is 1.14. The zero-order valence-electron chi connectivity index (χ0n) is 19.2. The van der Waals surface area contributed by atoms with E-state index < -0.39 is 0 Å². The van der Waals surface area contributed by atoms with Crippen LogP contribution in [0.3, 0.4) is 0 Å². The van der Waals surface area contributed by atoms with Gasteiger partial charge in [0, 0.05) is 13.2 Å². The molecule has 0 radical (unpaired) electrons. The molecule has 0 bridgehead atoms. The van der Waals surface area contributed by atoms with E-state index in [-0.39, 0.29) is 0 Å². The SMILES string of the molecule is CCC(C)COCCOCCOCCOCCOCCOCCOCCN(C)C. The Morgan fingerprint density at radius 3 is 1.14 bits per heavy atom. The first-order valence-corrected chi connectivity index (χ1v) is 10.9. The van der Waals surface area contributed by atoms with Crippen LogP contribution in [0.1, 0.15) is 20.3 Å². The minimum Gasteiger partial charge on any atom is -0.379 e. The van der Waals surface area contributed by atoms with Gasteiger partial charge in [0.2, 0.25) is 0 Å².